The quantitative estimate of drug-likeness (QED) is 0.101. The molecular weight excluding hydrogens is 741 g/mol. The van der Waals surface area contributed by atoms with Crippen LogP contribution in [0, 0.1) is 0 Å². The average Bonchev–Trinajstić information content (AvgIpc) is 3.84. The summed E-state index contributed by atoms with van der Waals surface area (Å²) in [6.07, 6.45) is 1.07. The van der Waals surface area contributed by atoms with Gasteiger partial charge in [0.15, 0.2) is 11.5 Å². The molecule has 0 bridgehead atoms. The number of carbonyl (C=O) groups excluding carboxylic acids is 2. The lowest BCUT2D eigenvalue weighted by Gasteiger charge is -2.27. The third-order valence-electron chi connectivity index (χ3n) is 9.45. The minimum atomic E-state index is -2.01. The minimum absolute atomic E-state index is 0.248. The highest BCUT2D eigenvalue weighted by atomic mass is 32.1. The number of rotatable bonds is 11. The van der Waals surface area contributed by atoms with Crippen molar-refractivity contribution < 1.29 is 38.4 Å². The lowest BCUT2D eigenvalue weighted by molar-refractivity contribution is -0.185. The first-order chi connectivity index (χ1) is 27.9. The number of aliphatic hydroxyl groups is 1. The molecule has 11 heteroatoms. The van der Waals surface area contributed by atoms with Gasteiger partial charge in [-0.15, -0.1) is 0 Å². The van der Waals surface area contributed by atoms with Crippen molar-refractivity contribution in [2.45, 2.75) is 25.4 Å². The maximum absolute atomic E-state index is 13.5. The summed E-state index contributed by atoms with van der Waals surface area (Å²) in [4.78, 5) is 23.9. The summed E-state index contributed by atoms with van der Waals surface area (Å²) in [7, 11) is 0. The molecule has 0 fully saturated rings. The number of cyclic esters (lactones) is 1. The van der Waals surface area contributed by atoms with Gasteiger partial charge in [0.25, 0.3) is 5.79 Å². The number of nitrogens with zero attached hydrogens (tertiary/aromatic N) is 2. The average molecular weight is 777 g/mol. The zero-order valence-electron chi connectivity index (χ0n) is 30.6. The molecule has 7 aromatic rings. The number of ether oxygens (including phenoxy) is 5. The Morgan fingerprint density at radius 2 is 1.28 bits per heavy atom. The molecule has 9 rings (SSSR count). The molecule has 0 amide bonds. The molecule has 10 nitrogen and oxygen atoms in total. The number of aromatic nitrogens is 2. The van der Waals surface area contributed by atoms with Crippen molar-refractivity contribution in [2.75, 3.05) is 13.2 Å². The molecule has 0 spiro atoms. The van der Waals surface area contributed by atoms with Gasteiger partial charge in [0.1, 0.15) is 55.2 Å². The highest BCUT2D eigenvalue weighted by Gasteiger charge is 2.48. The molecule has 1 N–H and O–H groups in total. The number of esters is 1. The van der Waals surface area contributed by atoms with Crippen molar-refractivity contribution in [3.63, 3.8) is 0 Å². The zero-order valence-corrected chi connectivity index (χ0v) is 31.4. The molecule has 57 heavy (non-hydrogen) atoms. The largest absolute Gasteiger partial charge is 0.489 e. The predicted octanol–water partition coefficient (Wildman–Crippen LogP) is 8.52. The topological polar surface area (TPSA) is 126 Å². The van der Waals surface area contributed by atoms with Gasteiger partial charge >= 0.3 is 5.97 Å². The summed E-state index contributed by atoms with van der Waals surface area (Å²) in [6, 6.07) is 45.1. The fourth-order valence-corrected chi connectivity index (χ4v) is 7.01. The van der Waals surface area contributed by atoms with Crippen molar-refractivity contribution in [1.82, 2.24) is 8.75 Å². The van der Waals surface area contributed by atoms with Gasteiger partial charge in [0, 0.05) is 23.1 Å². The van der Waals surface area contributed by atoms with Gasteiger partial charge in [-0.25, -0.2) is 4.79 Å². The molecule has 1 aromatic heterocycles. The van der Waals surface area contributed by atoms with Gasteiger partial charge in [-0.3, -0.25) is 4.79 Å². The first kappa shape index (κ1) is 37.1. The first-order valence-corrected chi connectivity index (χ1v) is 19.0. The molecule has 2 aliphatic rings. The van der Waals surface area contributed by atoms with Gasteiger partial charge in [-0.05, 0) is 89.0 Å². The van der Waals surface area contributed by atoms with Crippen LogP contribution < -0.4 is 18.9 Å². The van der Waals surface area contributed by atoms with E-state index in [-0.39, 0.29) is 6.42 Å². The molecule has 3 heterocycles. The molecule has 1 atom stereocenters. The Hall–Kier alpha value is -6.82. The molecule has 6 aromatic carbocycles. The Labute approximate surface area is 332 Å². The third kappa shape index (κ3) is 8.55. The number of fused-ring (bicyclic) bond motifs is 2. The van der Waals surface area contributed by atoms with Crippen LogP contribution in [0.5, 0.6) is 23.0 Å². The summed E-state index contributed by atoms with van der Waals surface area (Å²) in [5, 5.41) is 12.1. The standard InChI is InChI=1S/C32H24N2O6S.C14H12O2/c35-31-30(22-8-12-26-27(17-22)34-41-33-26)25(32(36,40-31)23-9-13-28-29(18-23)38-15-14-37-28)16-20-6-10-24(11-7-20)39-19-21-4-2-1-3-5-21;15-10-12-6-8-14(9-7-12)16-11-13-4-2-1-3-5-13/h1-13,17-18,36H,14-16,19H2;1-10H,11H2. The summed E-state index contributed by atoms with van der Waals surface area (Å²) in [5.74, 6) is -0.0847. The molecule has 0 saturated heterocycles. The highest BCUT2D eigenvalue weighted by Crippen LogP contribution is 2.47. The van der Waals surface area contributed by atoms with Crippen molar-refractivity contribution in [3.05, 3.63) is 185 Å². The summed E-state index contributed by atoms with van der Waals surface area (Å²) in [6.45, 7) is 1.83. The van der Waals surface area contributed by atoms with E-state index in [4.69, 9.17) is 23.7 Å². The van der Waals surface area contributed by atoms with Crippen LogP contribution in [0.25, 0.3) is 16.6 Å². The van der Waals surface area contributed by atoms with E-state index in [0.717, 1.165) is 46.0 Å². The molecular formula is C46H36N2O8S. The molecule has 0 radical (unpaired) electrons. The maximum atomic E-state index is 13.5. The molecule has 1 unspecified atom stereocenters. The van der Waals surface area contributed by atoms with E-state index in [0.29, 0.717) is 77.0 Å². The van der Waals surface area contributed by atoms with Gasteiger partial charge in [-0.1, -0.05) is 78.9 Å². The van der Waals surface area contributed by atoms with Crippen LogP contribution in [-0.4, -0.2) is 39.3 Å². The van der Waals surface area contributed by atoms with E-state index < -0.39 is 11.8 Å². The lowest BCUT2D eigenvalue weighted by Crippen LogP contribution is -2.30. The number of carbonyl (C=O) groups is 2. The Bertz CT molecular complexity index is 2520. The van der Waals surface area contributed by atoms with E-state index in [2.05, 4.69) is 8.75 Å². The SMILES string of the molecule is O=C1OC(O)(c2ccc3c(c2)OCCO3)C(Cc2ccc(OCc3ccccc3)cc2)=C1c1ccc2nsnc2c1.O=Cc1ccc(OCc2ccccc2)cc1. The second kappa shape index (κ2) is 16.9. The van der Waals surface area contributed by atoms with Crippen LogP contribution >= 0.6 is 11.7 Å². The predicted molar refractivity (Wildman–Crippen MR) is 215 cm³/mol. The highest BCUT2D eigenvalue weighted by molar-refractivity contribution is 7.00. The Kier molecular flexibility index (Phi) is 11.0. The van der Waals surface area contributed by atoms with Crippen LogP contribution in [0.4, 0.5) is 0 Å². The fraction of sp³-hybridized carbons (Fsp3) is 0.130. The van der Waals surface area contributed by atoms with E-state index in [1.165, 1.54) is 0 Å². The van der Waals surface area contributed by atoms with Gasteiger partial charge < -0.3 is 28.8 Å². The molecule has 0 saturated carbocycles. The Morgan fingerprint density at radius 3 is 1.93 bits per heavy atom. The maximum Gasteiger partial charge on any atom is 0.342 e. The van der Waals surface area contributed by atoms with E-state index in [9.17, 15) is 14.7 Å². The van der Waals surface area contributed by atoms with Crippen LogP contribution in [-0.2, 0) is 35.0 Å². The third-order valence-corrected chi connectivity index (χ3v) is 10.0. The zero-order chi connectivity index (χ0) is 39.0. The number of aldehydes is 1. The van der Waals surface area contributed by atoms with Crippen molar-refractivity contribution >= 4 is 40.6 Å². The monoisotopic (exact) mass is 776 g/mol. The summed E-state index contributed by atoms with van der Waals surface area (Å²) in [5.41, 5.74) is 6.82. The Balaban J connectivity index is 0.000000238. The number of benzene rings is 6. The van der Waals surface area contributed by atoms with Gasteiger partial charge in [0.05, 0.1) is 17.3 Å². The molecule has 0 aliphatic carbocycles. The van der Waals surface area contributed by atoms with E-state index >= 15 is 0 Å². The van der Waals surface area contributed by atoms with Crippen molar-refractivity contribution in [3.8, 4) is 23.0 Å². The minimum Gasteiger partial charge on any atom is -0.489 e. The smallest absolute Gasteiger partial charge is 0.342 e. The van der Waals surface area contributed by atoms with Crippen LogP contribution in [0.3, 0.4) is 0 Å². The second-order valence-corrected chi connectivity index (χ2v) is 13.8. The lowest BCUT2D eigenvalue weighted by atomic mass is 9.88. The van der Waals surface area contributed by atoms with Gasteiger partial charge in [-0.2, -0.15) is 8.75 Å². The van der Waals surface area contributed by atoms with Crippen LogP contribution in [0.2, 0.25) is 0 Å². The number of hydrogen-bond donors (Lipinski definition) is 1. The molecule has 284 valence electrons. The second-order valence-electron chi connectivity index (χ2n) is 13.3. The Morgan fingerprint density at radius 1 is 0.667 bits per heavy atom. The van der Waals surface area contributed by atoms with Gasteiger partial charge in [0.2, 0.25) is 0 Å². The van der Waals surface area contributed by atoms with E-state index in [1.807, 2.05) is 91.0 Å². The van der Waals surface area contributed by atoms with E-state index in [1.54, 1.807) is 54.6 Å². The first-order valence-electron chi connectivity index (χ1n) is 18.2. The van der Waals surface area contributed by atoms with Crippen molar-refractivity contribution in [1.29, 1.82) is 0 Å². The van der Waals surface area contributed by atoms with Crippen molar-refractivity contribution in [2.24, 2.45) is 0 Å². The number of hydrogen-bond acceptors (Lipinski definition) is 11. The fourth-order valence-electron chi connectivity index (χ4n) is 6.50. The molecule has 2 aliphatic heterocycles. The van der Waals surface area contributed by atoms with Crippen LogP contribution in [0.15, 0.2) is 151 Å². The van der Waals surface area contributed by atoms with Crippen LogP contribution in [0.1, 0.15) is 38.2 Å². The summed E-state index contributed by atoms with van der Waals surface area (Å²) >= 11 is 1.10. The normalized spacial score (nSPS) is 15.7. The summed E-state index contributed by atoms with van der Waals surface area (Å²) < 4.78 is 37.3.